The first kappa shape index (κ1) is 1750. The van der Waals surface area contributed by atoms with E-state index in [-0.39, 0.29) is 450 Å². The molecule has 40 nitrogen and oxygen atoms in total. The molecule has 392 valence electrons. The van der Waals surface area contributed by atoms with E-state index in [1.54, 1.807) is 0 Å². The van der Waals surface area contributed by atoms with Crippen LogP contribution in [-0.4, -0.2) is 225 Å². The molecule has 53 heteroatoms. The third-order valence-corrected chi connectivity index (χ3v) is 0. The van der Waals surface area contributed by atoms with Crippen LogP contribution >= 0.6 is 0 Å². The van der Waals surface area contributed by atoms with Crippen molar-refractivity contribution in [3.05, 3.63) is 0 Å². The van der Waals surface area contributed by atoms with Gasteiger partial charge in [0.2, 0.25) is 0 Å². The summed E-state index contributed by atoms with van der Waals surface area (Å²) in [5.74, 6) is 0. The van der Waals surface area contributed by atoms with Crippen LogP contribution in [0.15, 0.2) is 0 Å². The summed E-state index contributed by atoms with van der Waals surface area (Å²) in [4.78, 5) is 25.6. The van der Waals surface area contributed by atoms with Gasteiger partial charge < -0.3 is 212 Å². The fraction of sp³-hybridized carbons (Fsp3) is 0. The molecule has 0 radical (unpaired) electrons. The Kier molecular flexibility index (Phi) is 39400. The first-order valence-corrected chi connectivity index (χ1v) is 2.92. The summed E-state index contributed by atoms with van der Waals surface area (Å²) in [6.07, 6.45) is 0. The van der Waals surface area contributed by atoms with Crippen LogP contribution in [0.1, 0.15) is 0 Å². The van der Waals surface area contributed by atoms with Crippen molar-refractivity contribution in [1.82, 2.24) is 0 Å². The molecule has 0 spiro atoms. The first-order chi connectivity index (χ1) is 2.00. The molecular formula is H79O40SiW12+3. The molecule has 0 aromatic heterocycles. The zero-order valence-electron chi connectivity index (χ0n) is 25.3. The van der Waals surface area contributed by atoms with E-state index >= 15 is 0 Å². The van der Waals surface area contributed by atoms with Gasteiger partial charge in [0, 0.05) is 253 Å². The van der Waals surface area contributed by atoms with Gasteiger partial charge in [-0.2, -0.15) is 0 Å². The average Bonchev–Trinajstić information content (AvgIpc) is 0.722. The predicted molar refractivity (Wildman–Crippen MR) is 149 cm³/mol. The second kappa shape index (κ2) is 1190. The molecule has 0 unspecified atom stereocenters. The van der Waals surface area contributed by atoms with Gasteiger partial charge in [-0.25, -0.2) is 4.80 Å². The van der Waals surface area contributed by atoms with Crippen LogP contribution in [0.3, 0.4) is 0 Å². The molecule has 0 rings (SSSR count). The number of hydrogen-bond donors (Lipinski definition) is 1. The zero-order valence-corrected chi connectivity index (χ0v) is 61.5. The maximum Gasteiger partial charge on any atom is 1.33 e. The smallest absolute Gasteiger partial charge is 0.412 e. The van der Waals surface area contributed by atoms with Crippen LogP contribution in [0.4, 0.5) is 0 Å². The summed E-state index contributed by atoms with van der Waals surface area (Å²) in [6.45, 7) is 0. The van der Waals surface area contributed by atoms with Crippen LogP contribution in [0.5, 0.6) is 0 Å². The van der Waals surface area contributed by atoms with Gasteiger partial charge in [0.05, 0.1) is 0 Å². The molecule has 0 fully saturated rings. The number of rotatable bonds is 0. The Morgan fingerprint density at radius 3 is 0.151 bits per heavy atom. The van der Waals surface area contributed by atoms with Crippen molar-refractivity contribution in [3.63, 3.8) is 0 Å². The molecule has 53 heavy (non-hydrogen) atoms. The van der Waals surface area contributed by atoms with Gasteiger partial charge in [0.25, 0.3) is 0 Å². The Morgan fingerprint density at radius 1 is 0.151 bits per heavy atom. The van der Waals surface area contributed by atoms with Gasteiger partial charge in [-0.3, -0.25) is 0 Å². The van der Waals surface area contributed by atoms with E-state index in [1.165, 1.54) is 0 Å². The van der Waals surface area contributed by atoms with Gasteiger partial charge in [-0.15, -0.1) is 0 Å². The quantitative estimate of drug-likeness (QED) is 0.179. The first-order valence-electron chi connectivity index (χ1n) is 0.974. The van der Waals surface area contributed by atoms with Crippen molar-refractivity contribution in [2.75, 3.05) is 0 Å². The van der Waals surface area contributed by atoms with Gasteiger partial charge in [0.15, 0.2) is 0 Å². The average molecular weight is 2950 g/mol. The van der Waals surface area contributed by atoms with Gasteiger partial charge in [0.1, 0.15) is 0 Å². The monoisotopic (exact) mass is 2950 g/mol. The minimum Gasteiger partial charge on any atom is -0.412 e. The van der Waals surface area contributed by atoms with Crippen molar-refractivity contribution < 1.29 is 469 Å². The van der Waals surface area contributed by atoms with Crippen LogP contribution in [-0.2, 0) is 253 Å². The van der Waals surface area contributed by atoms with E-state index in [9.17, 15) is 0 Å². The molecule has 0 aliphatic rings. The molecule has 0 bridgehead atoms. The topological polar surface area (TPSA) is 1220 Å². The Balaban J connectivity index is -0.0000000000709. The van der Waals surface area contributed by atoms with Crippen LogP contribution in [0.25, 0.3) is 0 Å². The maximum atomic E-state index is 7.66. The second-order valence-electron chi connectivity index (χ2n) is 0.710. The van der Waals surface area contributed by atoms with Crippen LogP contribution in [0, 0.1) is 0 Å². The van der Waals surface area contributed by atoms with E-state index in [4.69, 9.17) is 19.2 Å². The van der Waals surface area contributed by atoms with Crippen molar-refractivity contribution in [2.24, 2.45) is 0 Å². The summed E-state index contributed by atoms with van der Waals surface area (Å²) in [7, 11) is -3.86. The molecule has 0 aromatic carbocycles. The molecule has 0 heterocycles. The summed E-state index contributed by atoms with van der Waals surface area (Å²) in [5, 5.41) is 0. The van der Waals surface area contributed by atoms with Crippen molar-refractivity contribution in [2.45, 2.75) is 0 Å². The summed E-state index contributed by atoms with van der Waals surface area (Å²) < 4.78 is 0. The molecule has 0 aliphatic carbocycles. The number of hydrogen-bond acceptors (Lipinski definition) is 1. The van der Waals surface area contributed by atoms with Crippen molar-refractivity contribution >= 4 is 9.05 Å². The summed E-state index contributed by atoms with van der Waals surface area (Å²) in [6, 6.07) is 0. The Bertz CT molecular complexity index is 63.2. The summed E-state index contributed by atoms with van der Waals surface area (Å²) >= 11 is 0. The molecule has 0 aliphatic heterocycles. The van der Waals surface area contributed by atoms with E-state index in [2.05, 4.69) is 0 Å². The van der Waals surface area contributed by atoms with Gasteiger partial charge in [-0.1, -0.05) is 0 Å². The predicted octanol–water partition coefficient (Wildman–Crippen LogP) is -33.1. The van der Waals surface area contributed by atoms with Gasteiger partial charge in [-0.05, 0) is 0 Å². The Morgan fingerprint density at radius 2 is 0.151 bits per heavy atom. The van der Waals surface area contributed by atoms with Crippen molar-refractivity contribution in [1.29, 1.82) is 0 Å². The normalized spacial score (nSPS) is 1.13. The minimum atomic E-state index is -3.86. The standard InChI is InChI=1S/H4O4Si.36H2O.12W/c1-5(2,3)4;;;;;;;;;;;;;;;;;;;;;;;;;;;;;;;;;;;;;;;;;;;;;;;;/h1-4H;36*1H2;;;;;;;;;;;;/p+3. The van der Waals surface area contributed by atoms with Gasteiger partial charge >= 0.3 is 9.05 Å². The third kappa shape index (κ3) is 4030. The van der Waals surface area contributed by atoms with E-state index < -0.39 is 9.05 Å². The van der Waals surface area contributed by atoms with E-state index in [1.807, 2.05) is 0 Å². The largest absolute Gasteiger partial charge is 1.33 e. The van der Waals surface area contributed by atoms with Crippen LogP contribution in [0.2, 0.25) is 0 Å². The third-order valence-electron chi connectivity index (χ3n) is 0. The molecule has 0 aromatic rings. The van der Waals surface area contributed by atoms with Crippen LogP contribution < -0.4 is 0 Å². The molecule has 0 amide bonds. The second-order valence-corrected chi connectivity index (χ2v) is 2.13. The maximum absolute atomic E-state index is 7.66. The molecule has 0 saturated heterocycles. The fourth-order valence-electron chi connectivity index (χ4n) is 0. The molecule has 79 N–H and O–H groups in total. The Labute approximate surface area is 471 Å². The fourth-order valence-corrected chi connectivity index (χ4v) is 0. The van der Waals surface area contributed by atoms with E-state index in [0.29, 0.717) is 0 Å². The molecule has 0 saturated carbocycles. The SMILES string of the molecule is O.O.O.O.O.O.O.O.O.O.O.O.O.O.O.O.O.O.O.O.O.O.O.O.O.O.O.O.O.O.O.O.O.O.O.O.O[Si]([OH2+])([OH2+])[OH2+].[W].[W].[W].[W].[W].[W].[W].[W].[W].[W].[W].[W]. The summed E-state index contributed by atoms with van der Waals surface area (Å²) in [5.41, 5.74) is 0. The van der Waals surface area contributed by atoms with Crippen molar-refractivity contribution in [3.8, 4) is 0 Å². The molecular weight excluding hydrogens is 2870 g/mol. The Hall–Kier alpha value is 6.88. The minimum absolute atomic E-state index is 0. The van der Waals surface area contributed by atoms with E-state index in [0.717, 1.165) is 0 Å². The zero-order chi connectivity index (χ0) is 4.50. The molecule has 0 atom stereocenters.